The highest BCUT2D eigenvalue weighted by atomic mass is 15.3. The average Bonchev–Trinajstić information content (AvgIpc) is 2.49. The number of aromatic nitrogens is 1. The van der Waals surface area contributed by atoms with Crippen molar-refractivity contribution in [2.24, 2.45) is 5.73 Å². The summed E-state index contributed by atoms with van der Waals surface area (Å²) in [6.07, 6.45) is 1.93. The van der Waals surface area contributed by atoms with Crippen LogP contribution in [-0.2, 0) is 6.54 Å². The van der Waals surface area contributed by atoms with E-state index in [1.807, 2.05) is 6.20 Å². The van der Waals surface area contributed by atoms with Gasteiger partial charge in [-0.3, -0.25) is 4.90 Å². The first kappa shape index (κ1) is 14.3. The van der Waals surface area contributed by atoms with E-state index in [9.17, 15) is 0 Å². The summed E-state index contributed by atoms with van der Waals surface area (Å²) in [5, 5.41) is 2.43. The molecule has 3 rings (SSSR count). The van der Waals surface area contributed by atoms with Crippen molar-refractivity contribution in [3.63, 3.8) is 0 Å². The Kier molecular flexibility index (Phi) is 3.59. The minimum Gasteiger partial charge on any atom is -0.353 e. The Balaban J connectivity index is 2.05. The van der Waals surface area contributed by atoms with Crippen LogP contribution in [0, 0.1) is 0 Å². The first-order valence-corrected chi connectivity index (χ1v) is 7.56. The number of anilines is 1. The van der Waals surface area contributed by atoms with Gasteiger partial charge in [-0.25, -0.2) is 4.98 Å². The van der Waals surface area contributed by atoms with Gasteiger partial charge in [-0.15, -0.1) is 0 Å². The quantitative estimate of drug-likeness (QED) is 0.918. The number of nitrogens with zero attached hydrogens (tertiary/aromatic N) is 3. The van der Waals surface area contributed by atoms with Crippen LogP contribution in [0.4, 0.5) is 5.82 Å². The van der Waals surface area contributed by atoms with Crippen molar-refractivity contribution in [3.8, 4) is 0 Å². The molecule has 0 amide bonds. The van der Waals surface area contributed by atoms with E-state index >= 15 is 0 Å². The second-order valence-electron chi connectivity index (χ2n) is 6.51. The molecule has 0 bridgehead atoms. The summed E-state index contributed by atoms with van der Waals surface area (Å²) in [4.78, 5) is 9.54. The first-order valence-electron chi connectivity index (χ1n) is 7.56. The molecule has 0 saturated carbocycles. The van der Waals surface area contributed by atoms with Crippen LogP contribution < -0.4 is 10.6 Å². The van der Waals surface area contributed by atoms with E-state index < -0.39 is 0 Å². The van der Waals surface area contributed by atoms with Crippen LogP contribution in [0.25, 0.3) is 10.8 Å². The minimum atomic E-state index is 0.160. The van der Waals surface area contributed by atoms with E-state index in [4.69, 9.17) is 10.7 Å². The molecule has 4 heteroatoms. The first-order chi connectivity index (χ1) is 10.0. The Hall–Kier alpha value is -1.65. The molecule has 4 nitrogen and oxygen atoms in total. The van der Waals surface area contributed by atoms with Gasteiger partial charge in [0.05, 0.1) is 0 Å². The maximum Gasteiger partial charge on any atom is 0.136 e. The zero-order valence-electron chi connectivity index (χ0n) is 13.1. The Morgan fingerprint density at radius 2 is 1.90 bits per heavy atom. The number of benzene rings is 1. The van der Waals surface area contributed by atoms with Gasteiger partial charge in [0, 0.05) is 43.3 Å². The van der Waals surface area contributed by atoms with Gasteiger partial charge in [0.25, 0.3) is 0 Å². The van der Waals surface area contributed by atoms with Crippen molar-refractivity contribution < 1.29 is 0 Å². The molecule has 0 spiro atoms. The van der Waals surface area contributed by atoms with Crippen LogP contribution in [-0.4, -0.2) is 42.1 Å². The lowest BCUT2D eigenvalue weighted by atomic mass is 9.99. The van der Waals surface area contributed by atoms with Crippen LogP contribution in [0.15, 0.2) is 30.5 Å². The number of nitrogens with two attached hydrogens (primary N) is 1. The van der Waals surface area contributed by atoms with Gasteiger partial charge >= 0.3 is 0 Å². The van der Waals surface area contributed by atoms with Crippen molar-refractivity contribution in [2.75, 3.05) is 31.6 Å². The molecule has 0 aliphatic carbocycles. The van der Waals surface area contributed by atoms with E-state index in [0.29, 0.717) is 6.54 Å². The molecular weight excluding hydrogens is 260 g/mol. The average molecular weight is 284 g/mol. The van der Waals surface area contributed by atoms with Crippen LogP contribution in [0.2, 0.25) is 0 Å². The fraction of sp³-hybridized carbons (Fsp3) is 0.471. The molecular formula is C17H24N4. The predicted octanol–water partition coefficient (Wildman–Crippen LogP) is 2.22. The number of piperazine rings is 1. The summed E-state index contributed by atoms with van der Waals surface area (Å²) in [7, 11) is 2.19. The SMILES string of the molecule is CN1CCN(c2ncc(CN)c3ccccc23)CC1(C)C. The molecule has 2 heterocycles. The van der Waals surface area contributed by atoms with Crippen molar-refractivity contribution in [1.29, 1.82) is 0 Å². The summed E-state index contributed by atoms with van der Waals surface area (Å²) in [6.45, 7) is 8.16. The van der Waals surface area contributed by atoms with Gasteiger partial charge in [0.1, 0.15) is 5.82 Å². The monoisotopic (exact) mass is 284 g/mol. The van der Waals surface area contributed by atoms with Crippen LogP contribution >= 0.6 is 0 Å². The van der Waals surface area contributed by atoms with Crippen LogP contribution in [0.5, 0.6) is 0 Å². The fourth-order valence-electron chi connectivity index (χ4n) is 3.07. The van der Waals surface area contributed by atoms with Gasteiger partial charge in [0.2, 0.25) is 0 Å². The highest BCUT2D eigenvalue weighted by molar-refractivity contribution is 5.94. The van der Waals surface area contributed by atoms with Gasteiger partial charge in [-0.2, -0.15) is 0 Å². The van der Waals surface area contributed by atoms with Gasteiger partial charge < -0.3 is 10.6 Å². The van der Waals surface area contributed by atoms with Crippen LogP contribution in [0.3, 0.4) is 0 Å². The predicted molar refractivity (Wildman–Crippen MR) is 88.6 cm³/mol. The van der Waals surface area contributed by atoms with Gasteiger partial charge in [-0.05, 0) is 31.8 Å². The molecule has 1 saturated heterocycles. The maximum absolute atomic E-state index is 5.85. The number of pyridine rings is 1. The van der Waals surface area contributed by atoms with Gasteiger partial charge in [-0.1, -0.05) is 24.3 Å². The summed E-state index contributed by atoms with van der Waals surface area (Å²) >= 11 is 0. The van der Waals surface area contributed by atoms with E-state index in [1.54, 1.807) is 0 Å². The van der Waals surface area contributed by atoms with Gasteiger partial charge in [0.15, 0.2) is 0 Å². The molecule has 112 valence electrons. The number of fused-ring (bicyclic) bond motifs is 1. The lowest BCUT2D eigenvalue weighted by Gasteiger charge is -2.46. The standard InChI is InChI=1S/C17H24N4/c1-17(2)12-21(9-8-20(17)3)16-15-7-5-4-6-14(15)13(10-18)11-19-16/h4-7,11H,8-10,12,18H2,1-3H3. The minimum absolute atomic E-state index is 0.160. The Labute approximate surface area is 126 Å². The molecule has 1 aromatic heterocycles. The van der Waals surface area contributed by atoms with E-state index in [2.05, 4.69) is 55.0 Å². The molecule has 2 N–H and O–H groups in total. The Morgan fingerprint density at radius 1 is 1.19 bits per heavy atom. The van der Waals surface area contributed by atoms with Crippen LogP contribution in [0.1, 0.15) is 19.4 Å². The molecule has 1 fully saturated rings. The molecule has 0 radical (unpaired) electrons. The second kappa shape index (κ2) is 5.28. The lowest BCUT2D eigenvalue weighted by Crippen LogP contribution is -2.57. The van der Waals surface area contributed by atoms with Crippen molar-refractivity contribution in [3.05, 3.63) is 36.0 Å². The topological polar surface area (TPSA) is 45.4 Å². The number of hydrogen-bond acceptors (Lipinski definition) is 4. The van der Waals surface area contributed by atoms with E-state index in [-0.39, 0.29) is 5.54 Å². The Bertz CT molecular complexity index is 650. The second-order valence-corrected chi connectivity index (χ2v) is 6.51. The summed E-state index contributed by atoms with van der Waals surface area (Å²) in [6, 6.07) is 8.44. The number of rotatable bonds is 2. The third-order valence-corrected chi connectivity index (χ3v) is 4.69. The molecule has 21 heavy (non-hydrogen) atoms. The summed E-state index contributed by atoms with van der Waals surface area (Å²) in [5.74, 6) is 1.09. The van der Waals surface area contributed by atoms with E-state index in [1.165, 1.54) is 10.8 Å². The zero-order chi connectivity index (χ0) is 15.0. The summed E-state index contributed by atoms with van der Waals surface area (Å²) in [5.41, 5.74) is 7.12. The zero-order valence-corrected chi connectivity index (χ0v) is 13.1. The van der Waals surface area contributed by atoms with Crippen molar-refractivity contribution in [1.82, 2.24) is 9.88 Å². The summed E-state index contributed by atoms with van der Waals surface area (Å²) < 4.78 is 0. The molecule has 0 unspecified atom stereocenters. The van der Waals surface area contributed by atoms with Crippen molar-refractivity contribution in [2.45, 2.75) is 25.9 Å². The molecule has 1 aliphatic heterocycles. The lowest BCUT2D eigenvalue weighted by molar-refractivity contribution is 0.138. The normalized spacial score (nSPS) is 19.1. The molecule has 2 aromatic rings. The molecule has 0 atom stereocenters. The number of hydrogen-bond donors (Lipinski definition) is 1. The number of likely N-dealkylation sites (N-methyl/N-ethyl adjacent to an activating group) is 1. The largest absolute Gasteiger partial charge is 0.353 e. The molecule has 1 aromatic carbocycles. The molecule has 1 aliphatic rings. The third-order valence-electron chi connectivity index (χ3n) is 4.69. The maximum atomic E-state index is 5.85. The van der Waals surface area contributed by atoms with Crippen molar-refractivity contribution >= 4 is 16.6 Å². The highest BCUT2D eigenvalue weighted by Gasteiger charge is 2.32. The highest BCUT2D eigenvalue weighted by Crippen LogP contribution is 2.30. The smallest absolute Gasteiger partial charge is 0.136 e. The fourth-order valence-corrected chi connectivity index (χ4v) is 3.07. The Morgan fingerprint density at radius 3 is 2.57 bits per heavy atom. The van der Waals surface area contributed by atoms with E-state index in [0.717, 1.165) is 31.0 Å². The third kappa shape index (κ3) is 2.49.